The van der Waals surface area contributed by atoms with Crippen molar-refractivity contribution in [1.29, 1.82) is 0 Å². The molecule has 2 saturated heterocycles. The van der Waals surface area contributed by atoms with Gasteiger partial charge < -0.3 is 34.5 Å². The molecule has 3 aromatic carbocycles. The maximum atomic E-state index is 14.1. The predicted molar refractivity (Wildman–Crippen MR) is 233 cm³/mol. The Morgan fingerprint density at radius 3 is 2.33 bits per heavy atom. The van der Waals surface area contributed by atoms with Crippen LogP contribution < -0.4 is 19.3 Å². The zero-order valence-electron chi connectivity index (χ0n) is 36.4. The number of quaternary nitrogens is 1. The van der Waals surface area contributed by atoms with Gasteiger partial charge in [0.05, 0.1) is 36.3 Å². The average Bonchev–Trinajstić information content (AvgIpc) is 3.75. The summed E-state index contributed by atoms with van der Waals surface area (Å²) in [5.74, 6) is 3.59. The summed E-state index contributed by atoms with van der Waals surface area (Å²) in [6.45, 7) is 15.5. The van der Waals surface area contributed by atoms with Gasteiger partial charge in [-0.3, -0.25) is 4.48 Å². The number of aliphatic hydroxyl groups is 2. The molecule has 8 heteroatoms. The van der Waals surface area contributed by atoms with Gasteiger partial charge in [-0.15, -0.1) is 0 Å². The summed E-state index contributed by atoms with van der Waals surface area (Å²) in [5, 5.41) is 31.8. The van der Waals surface area contributed by atoms with E-state index in [0.29, 0.717) is 32.4 Å². The van der Waals surface area contributed by atoms with Crippen molar-refractivity contribution in [3.63, 3.8) is 0 Å². The third kappa shape index (κ3) is 7.31. The number of ether oxygens (including phenoxy) is 4. The van der Waals surface area contributed by atoms with Crippen molar-refractivity contribution in [2.75, 3.05) is 40.4 Å². The number of hydrogen-bond donors (Lipinski definition) is 3. The first-order chi connectivity index (χ1) is 27.9. The molecule has 0 aromatic heterocycles. The minimum atomic E-state index is -1.19. The van der Waals surface area contributed by atoms with E-state index in [-0.39, 0.29) is 28.3 Å². The maximum absolute atomic E-state index is 14.1. The normalized spacial score (nSPS) is 30.8. The van der Waals surface area contributed by atoms with E-state index in [2.05, 4.69) is 89.3 Å². The van der Waals surface area contributed by atoms with Crippen LogP contribution >= 0.6 is 0 Å². The lowest BCUT2D eigenvalue weighted by molar-refractivity contribution is -0.191. The van der Waals surface area contributed by atoms with E-state index in [1.54, 1.807) is 14.2 Å². The van der Waals surface area contributed by atoms with Crippen molar-refractivity contribution in [2.45, 2.75) is 117 Å². The molecular formula is C50H69N2O6+. The minimum absolute atomic E-state index is 0.0224. The first kappa shape index (κ1) is 42.5. The highest BCUT2D eigenvalue weighted by Crippen LogP contribution is 2.76. The molecule has 8 nitrogen and oxygen atoms in total. The molecule has 7 rings (SSSR count). The molecule has 314 valence electrons. The lowest BCUT2D eigenvalue weighted by atomic mass is 9.74. The van der Waals surface area contributed by atoms with Gasteiger partial charge in [0.25, 0.3) is 0 Å². The molecule has 2 aliphatic carbocycles. The Bertz CT molecular complexity index is 1970. The molecule has 4 unspecified atom stereocenters. The number of nitrogens with zero attached hydrogens (tertiary/aromatic N) is 1. The van der Waals surface area contributed by atoms with Gasteiger partial charge in [-0.1, -0.05) is 68.7 Å². The number of methoxy groups -OCH3 is 2. The van der Waals surface area contributed by atoms with Crippen molar-refractivity contribution in [2.24, 2.45) is 23.2 Å². The van der Waals surface area contributed by atoms with Gasteiger partial charge in [0.15, 0.2) is 11.4 Å². The summed E-state index contributed by atoms with van der Waals surface area (Å²) < 4.78 is 26.8. The summed E-state index contributed by atoms with van der Waals surface area (Å²) in [4.78, 5) is 0. The van der Waals surface area contributed by atoms with Crippen LogP contribution in [0.5, 0.6) is 17.2 Å². The molecular weight excluding hydrogens is 725 g/mol. The molecule has 2 heterocycles. The average molecular weight is 794 g/mol. The molecule has 58 heavy (non-hydrogen) atoms. The van der Waals surface area contributed by atoms with Crippen LogP contribution in [0.2, 0.25) is 0 Å². The third-order valence-electron chi connectivity index (χ3n) is 14.5. The van der Waals surface area contributed by atoms with Crippen molar-refractivity contribution < 1.29 is 29.2 Å². The van der Waals surface area contributed by atoms with Crippen molar-refractivity contribution in [3.8, 4) is 17.2 Å². The van der Waals surface area contributed by atoms with Crippen LogP contribution in [-0.2, 0) is 9.47 Å². The number of piperidine rings is 2. The molecule has 0 radical (unpaired) electrons. The minimum Gasteiger partial charge on any atom is -0.501 e. The number of aryl methyl sites for hydroxylation is 3. The van der Waals surface area contributed by atoms with E-state index in [0.717, 1.165) is 108 Å². The van der Waals surface area contributed by atoms with E-state index in [4.69, 9.17) is 18.9 Å². The van der Waals surface area contributed by atoms with E-state index in [1.807, 2.05) is 30.3 Å². The van der Waals surface area contributed by atoms with Gasteiger partial charge in [-0.05, 0) is 113 Å². The summed E-state index contributed by atoms with van der Waals surface area (Å²) in [7, 11) is 3.54. The van der Waals surface area contributed by atoms with Gasteiger partial charge in [0, 0.05) is 44.4 Å². The highest BCUT2D eigenvalue weighted by Gasteiger charge is 2.83. The van der Waals surface area contributed by atoms with Gasteiger partial charge in [0.1, 0.15) is 29.9 Å². The van der Waals surface area contributed by atoms with Crippen molar-refractivity contribution in [1.82, 2.24) is 9.80 Å². The number of likely N-dealkylation sites (tertiary alicyclic amines) is 1. The SMILES string of the molecule is CCCC[C@@](O)([C@@H]1CCCNC1)[N@+]1(c2cc(C)ccc2Oc2ccc(C)cc2)CC(OC)C[C@H](C2(O)C(CCC)C23CC(OC)=CC(C)=C3Oc2ccccc2C)C1. The third-order valence-corrected chi connectivity index (χ3v) is 14.5. The molecule has 2 aliphatic heterocycles. The fourth-order valence-corrected chi connectivity index (χ4v) is 11.5. The number of benzene rings is 3. The Morgan fingerprint density at radius 2 is 1.66 bits per heavy atom. The summed E-state index contributed by atoms with van der Waals surface area (Å²) in [6.07, 6.45) is 9.15. The van der Waals surface area contributed by atoms with E-state index in [1.165, 1.54) is 0 Å². The zero-order valence-corrected chi connectivity index (χ0v) is 36.4. The largest absolute Gasteiger partial charge is 0.501 e. The van der Waals surface area contributed by atoms with Gasteiger partial charge >= 0.3 is 0 Å². The van der Waals surface area contributed by atoms with Crippen LogP contribution in [0.1, 0.15) is 95.2 Å². The number of rotatable bonds is 15. The van der Waals surface area contributed by atoms with E-state index in [9.17, 15) is 10.2 Å². The van der Waals surface area contributed by atoms with Crippen LogP contribution in [-0.4, -0.2) is 68.0 Å². The second-order valence-electron chi connectivity index (χ2n) is 18.0. The van der Waals surface area contributed by atoms with E-state index >= 15 is 0 Å². The van der Waals surface area contributed by atoms with Gasteiger partial charge in [-0.25, -0.2) is 0 Å². The Labute approximate surface area is 347 Å². The molecule has 3 aromatic rings. The standard InChI is InChI=1S/C50H69N2O6/c1-9-11-25-49(53,38-17-14-26-51-31-38)52(43-27-35(4)21-24-45(43)57-40-22-19-34(3)20-23-40)32-39(29-42(33-52)56-8)50(54)46(15-10-2)48(50)30-41(55-7)28-37(6)47(48)58-44-18-13-12-16-36(44)5/h12-13,16,18-24,27-28,38-39,42,46,51,53-54H,9-11,14-15,17,25-26,29-33H2,1-8H3/q+1/t38-,39+,42?,46?,48?,49-,50?,52+/m1/s1. The molecule has 0 amide bonds. The van der Waals surface area contributed by atoms with Crippen LogP contribution in [0.15, 0.2) is 89.9 Å². The summed E-state index contributed by atoms with van der Waals surface area (Å²) >= 11 is 0. The lowest BCUT2D eigenvalue weighted by Gasteiger charge is -2.58. The smallest absolute Gasteiger partial charge is 0.209 e. The molecule has 1 saturated carbocycles. The van der Waals surface area contributed by atoms with Crippen LogP contribution in [0.4, 0.5) is 5.69 Å². The number of hydrogen-bond acceptors (Lipinski definition) is 7. The fourth-order valence-electron chi connectivity index (χ4n) is 11.5. The van der Waals surface area contributed by atoms with E-state index < -0.39 is 16.7 Å². The second-order valence-corrected chi connectivity index (χ2v) is 18.0. The topological polar surface area (TPSA) is 89.4 Å². The molecule has 8 atom stereocenters. The Morgan fingerprint density at radius 1 is 0.897 bits per heavy atom. The molecule has 3 N–H and O–H groups in total. The zero-order chi connectivity index (χ0) is 41.3. The summed E-state index contributed by atoms with van der Waals surface area (Å²) in [6, 6.07) is 22.8. The lowest BCUT2D eigenvalue weighted by Crippen LogP contribution is -2.76. The number of allylic oxidation sites excluding steroid dienone is 3. The first-order valence-corrected chi connectivity index (χ1v) is 22.0. The number of nitrogens with one attached hydrogen (secondary N) is 1. The fraction of sp³-hybridized carbons (Fsp3) is 0.560. The van der Waals surface area contributed by atoms with Crippen LogP contribution in [0.25, 0.3) is 0 Å². The molecule has 4 aliphatic rings. The van der Waals surface area contributed by atoms with Crippen LogP contribution in [0.3, 0.4) is 0 Å². The van der Waals surface area contributed by atoms with Crippen molar-refractivity contribution in [3.05, 3.63) is 107 Å². The Hall–Kier alpha value is -3.66. The highest BCUT2D eigenvalue weighted by molar-refractivity contribution is 5.61. The second kappa shape index (κ2) is 17.1. The number of unbranched alkanes of at least 4 members (excludes halogenated alkanes) is 1. The van der Waals surface area contributed by atoms with Crippen LogP contribution in [0, 0.1) is 43.9 Å². The monoisotopic (exact) mass is 794 g/mol. The molecule has 3 fully saturated rings. The maximum Gasteiger partial charge on any atom is 0.209 e. The number of para-hydroxylation sites is 1. The van der Waals surface area contributed by atoms with Gasteiger partial charge in [0.2, 0.25) is 5.72 Å². The Kier molecular flexibility index (Phi) is 12.5. The van der Waals surface area contributed by atoms with Gasteiger partial charge in [-0.2, -0.15) is 0 Å². The first-order valence-electron chi connectivity index (χ1n) is 22.0. The summed E-state index contributed by atoms with van der Waals surface area (Å²) in [5.41, 5.74) is 2.14. The molecule has 1 spiro atoms. The Balaban J connectivity index is 1.44. The highest BCUT2D eigenvalue weighted by atomic mass is 16.5. The van der Waals surface area contributed by atoms with Crippen molar-refractivity contribution >= 4 is 5.69 Å². The molecule has 0 bridgehead atoms. The predicted octanol–water partition coefficient (Wildman–Crippen LogP) is 10.1. The quantitative estimate of drug-likeness (QED) is 0.132.